The number of allylic oxidation sites excluding steroid dienone is 5. The Balaban J connectivity index is 2.73. The van der Waals surface area contributed by atoms with E-state index in [0.29, 0.717) is 5.57 Å². The minimum atomic E-state index is -1.28. The summed E-state index contributed by atoms with van der Waals surface area (Å²) in [5.74, 6) is -5.35. The number of halogens is 4. The molecule has 0 unspecified atom stereocenters. The van der Waals surface area contributed by atoms with Crippen molar-refractivity contribution in [1.29, 1.82) is 0 Å². The molecule has 0 aliphatic heterocycles. The Morgan fingerprint density at radius 3 is 2.22 bits per heavy atom. The summed E-state index contributed by atoms with van der Waals surface area (Å²) >= 11 is 0. The van der Waals surface area contributed by atoms with E-state index in [4.69, 9.17) is 4.74 Å². The average Bonchev–Trinajstić information content (AvgIpc) is 2.67. The highest BCUT2D eigenvalue weighted by atomic mass is 19.2. The smallest absolute Gasteiger partial charge is 0.200 e. The Kier molecular flexibility index (Phi) is 7.84. The molecule has 1 aromatic carbocycles. The van der Waals surface area contributed by atoms with Crippen molar-refractivity contribution in [3.63, 3.8) is 0 Å². The Labute approximate surface area is 156 Å². The maximum absolute atomic E-state index is 13.9. The first-order valence-corrected chi connectivity index (χ1v) is 7.70. The number of hydrogen-bond donors (Lipinski definition) is 0. The van der Waals surface area contributed by atoms with E-state index in [0.717, 1.165) is 7.11 Å². The van der Waals surface area contributed by atoms with E-state index in [9.17, 15) is 17.6 Å². The van der Waals surface area contributed by atoms with Crippen molar-refractivity contribution in [2.75, 3.05) is 13.7 Å². The third-order valence-electron chi connectivity index (χ3n) is 3.51. The van der Waals surface area contributed by atoms with Crippen LogP contribution in [-0.2, 0) is 4.74 Å². The van der Waals surface area contributed by atoms with Crippen LogP contribution >= 0.6 is 0 Å². The Morgan fingerprint density at radius 2 is 1.63 bits per heavy atom. The van der Waals surface area contributed by atoms with E-state index in [-0.39, 0.29) is 29.1 Å². The minimum absolute atomic E-state index is 0.0697. The van der Waals surface area contributed by atoms with Crippen LogP contribution < -0.4 is 4.74 Å². The van der Waals surface area contributed by atoms with Gasteiger partial charge in [0.2, 0.25) is 11.6 Å². The highest BCUT2D eigenvalue weighted by Crippen LogP contribution is 2.27. The molecule has 0 N–H and O–H groups in total. The molecule has 6 heteroatoms. The second-order valence-corrected chi connectivity index (χ2v) is 5.55. The van der Waals surface area contributed by atoms with Crippen LogP contribution in [0, 0.1) is 18.6 Å². The van der Waals surface area contributed by atoms with Crippen molar-refractivity contribution < 1.29 is 27.0 Å². The van der Waals surface area contributed by atoms with Gasteiger partial charge >= 0.3 is 0 Å². The summed E-state index contributed by atoms with van der Waals surface area (Å²) in [5.41, 5.74) is 0.282. The van der Waals surface area contributed by atoms with Gasteiger partial charge in [-0.25, -0.2) is 8.78 Å². The van der Waals surface area contributed by atoms with E-state index in [1.807, 2.05) is 0 Å². The maximum atomic E-state index is 13.9. The van der Waals surface area contributed by atoms with Gasteiger partial charge in [-0.3, -0.25) is 0 Å². The summed E-state index contributed by atoms with van der Waals surface area (Å²) in [6, 6.07) is 2.69. The molecule has 0 bridgehead atoms. The lowest BCUT2D eigenvalue weighted by Gasteiger charge is -2.09. The fourth-order valence-corrected chi connectivity index (χ4v) is 1.76. The lowest BCUT2D eigenvalue weighted by Crippen LogP contribution is -2.02. The van der Waals surface area contributed by atoms with Crippen molar-refractivity contribution in [3.05, 3.63) is 102 Å². The molecule has 0 saturated heterocycles. The fourth-order valence-electron chi connectivity index (χ4n) is 1.76. The van der Waals surface area contributed by atoms with Gasteiger partial charge < -0.3 is 9.47 Å². The molecule has 0 aliphatic carbocycles. The van der Waals surface area contributed by atoms with E-state index in [1.54, 1.807) is 0 Å². The summed E-state index contributed by atoms with van der Waals surface area (Å²) in [5, 5.41) is 0. The molecular formula is C21H20F4O2. The molecule has 1 aromatic rings. The number of ether oxygens (including phenoxy) is 2. The molecule has 144 valence electrons. The van der Waals surface area contributed by atoms with Crippen LogP contribution in [-0.4, -0.2) is 13.7 Å². The lowest BCUT2D eigenvalue weighted by atomic mass is 10.1. The van der Waals surface area contributed by atoms with Gasteiger partial charge in [0, 0.05) is 5.57 Å². The average molecular weight is 380 g/mol. The van der Waals surface area contributed by atoms with Gasteiger partial charge in [0.15, 0.2) is 17.4 Å². The van der Waals surface area contributed by atoms with Crippen LogP contribution in [0.4, 0.5) is 17.6 Å². The first-order chi connectivity index (χ1) is 12.6. The maximum Gasteiger partial charge on any atom is 0.200 e. The Bertz CT molecular complexity index is 848. The lowest BCUT2D eigenvalue weighted by molar-refractivity contribution is 0.281. The molecule has 0 aliphatic rings. The number of benzene rings is 1. The van der Waals surface area contributed by atoms with E-state index < -0.39 is 29.0 Å². The van der Waals surface area contributed by atoms with E-state index in [2.05, 4.69) is 31.1 Å². The fraction of sp³-hybridized carbons (Fsp3) is 0.143. The van der Waals surface area contributed by atoms with Crippen molar-refractivity contribution in [2.24, 2.45) is 0 Å². The Morgan fingerprint density at radius 1 is 1.00 bits per heavy atom. The molecular weight excluding hydrogens is 360 g/mol. The summed E-state index contributed by atoms with van der Waals surface area (Å²) < 4.78 is 64.5. The predicted molar refractivity (Wildman–Crippen MR) is 98.5 cm³/mol. The number of rotatable bonds is 9. The number of methoxy groups -OCH3 is 1. The second kappa shape index (κ2) is 9.62. The zero-order valence-electron chi connectivity index (χ0n) is 15.2. The molecule has 27 heavy (non-hydrogen) atoms. The highest BCUT2D eigenvalue weighted by Gasteiger charge is 2.15. The SMILES string of the molecule is C=C(/C=C\C(=C)C(=C)/C(F)=C(/F)C(=C)OC)COc1ccc(C)c(F)c1F. The molecule has 0 amide bonds. The standard InChI is InChI=1S/C21H20F4O2/c1-12(11-27-17-10-9-14(3)18(22)21(17)25)7-8-13(2)15(4)19(23)20(24)16(5)26-6/h7-10H,1-2,4-5,11H2,3,6H3/b8-7-,20-19-. The van der Waals surface area contributed by atoms with Gasteiger partial charge in [0.25, 0.3) is 0 Å². The normalized spacial score (nSPS) is 11.8. The quantitative estimate of drug-likeness (QED) is 0.289. The van der Waals surface area contributed by atoms with Gasteiger partial charge in [-0.2, -0.15) is 8.78 Å². The first kappa shape index (κ1) is 22.0. The summed E-state index contributed by atoms with van der Waals surface area (Å²) in [6.45, 7) is 15.2. The van der Waals surface area contributed by atoms with Crippen LogP contribution in [0.3, 0.4) is 0 Å². The third-order valence-corrected chi connectivity index (χ3v) is 3.51. The third kappa shape index (κ3) is 5.74. The minimum Gasteiger partial charge on any atom is -0.494 e. The van der Waals surface area contributed by atoms with Crippen LogP contribution in [0.2, 0.25) is 0 Å². The van der Waals surface area contributed by atoms with E-state index in [1.165, 1.54) is 31.2 Å². The Hall–Kier alpha value is -3.02. The molecule has 2 nitrogen and oxygen atoms in total. The van der Waals surface area contributed by atoms with Gasteiger partial charge in [0.05, 0.1) is 7.11 Å². The number of aryl methyl sites for hydroxylation is 1. The number of hydrogen-bond acceptors (Lipinski definition) is 2. The van der Waals surface area contributed by atoms with Gasteiger partial charge in [0.1, 0.15) is 12.4 Å². The van der Waals surface area contributed by atoms with Crippen LogP contribution in [0.25, 0.3) is 0 Å². The van der Waals surface area contributed by atoms with Crippen molar-refractivity contribution in [2.45, 2.75) is 6.92 Å². The molecule has 0 heterocycles. The van der Waals surface area contributed by atoms with Crippen LogP contribution in [0.1, 0.15) is 5.56 Å². The summed E-state index contributed by atoms with van der Waals surface area (Å²) in [7, 11) is 1.15. The summed E-state index contributed by atoms with van der Waals surface area (Å²) in [4.78, 5) is 0. The molecule has 0 saturated carbocycles. The van der Waals surface area contributed by atoms with E-state index >= 15 is 0 Å². The summed E-state index contributed by atoms with van der Waals surface area (Å²) in [6.07, 6.45) is 2.74. The van der Waals surface area contributed by atoms with Crippen LogP contribution in [0.5, 0.6) is 5.75 Å². The van der Waals surface area contributed by atoms with Crippen molar-refractivity contribution in [1.82, 2.24) is 0 Å². The second-order valence-electron chi connectivity index (χ2n) is 5.55. The van der Waals surface area contributed by atoms with Crippen molar-refractivity contribution in [3.8, 4) is 5.75 Å². The molecule has 0 spiro atoms. The topological polar surface area (TPSA) is 18.5 Å². The zero-order chi connectivity index (χ0) is 20.7. The molecule has 1 rings (SSSR count). The molecule has 0 atom stereocenters. The molecule has 0 aromatic heterocycles. The predicted octanol–water partition coefficient (Wildman–Crippen LogP) is 6.19. The van der Waals surface area contributed by atoms with Gasteiger partial charge in [-0.05, 0) is 29.7 Å². The zero-order valence-corrected chi connectivity index (χ0v) is 15.2. The molecule has 0 fully saturated rings. The van der Waals surface area contributed by atoms with Gasteiger partial charge in [-0.1, -0.05) is 44.5 Å². The largest absolute Gasteiger partial charge is 0.494 e. The highest BCUT2D eigenvalue weighted by molar-refractivity contribution is 5.49. The first-order valence-electron chi connectivity index (χ1n) is 7.70. The van der Waals surface area contributed by atoms with Gasteiger partial charge in [-0.15, -0.1) is 0 Å². The monoisotopic (exact) mass is 380 g/mol. The van der Waals surface area contributed by atoms with Crippen LogP contribution in [0.15, 0.2) is 84.7 Å². The van der Waals surface area contributed by atoms with Crippen molar-refractivity contribution >= 4 is 0 Å². The molecule has 0 radical (unpaired) electrons.